The number of hydrogen-bond donors (Lipinski definition) is 3. The standard InChI is InChI=1S/C25H23N3O3/c1-16-8-6-7-11-18(16)15-26-25(30)23-22(28-24(29)17-9-4-3-5-10-17)20-14-19(31-2)12-13-21(20)27-23/h3-14,27H,15H2,1-2H3,(H,26,30)(H,28,29). The molecule has 0 aliphatic rings. The molecule has 6 heteroatoms. The summed E-state index contributed by atoms with van der Waals surface area (Å²) >= 11 is 0. The van der Waals surface area contributed by atoms with Crippen molar-refractivity contribution >= 4 is 28.4 Å². The number of fused-ring (bicyclic) bond motifs is 1. The minimum Gasteiger partial charge on any atom is -0.497 e. The lowest BCUT2D eigenvalue weighted by molar-refractivity contribution is 0.0947. The van der Waals surface area contributed by atoms with Crippen molar-refractivity contribution in [3.63, 3.8) is 0 Å². The van der Waals surface area contributed by atoms with Crippen LogP contribution in [0.25, 0.3) is 10.9 Å². The summed E-state index contributed by atoms with van der Waals surface area (Å²) in [5, 5.41) is 6.55. The van der Waals surface area contributed by atoms with Gasteiger partial charge in [-0.05, 0) is 48.4 Å². The minimum atomic E-state index is -0.304. The van der Waals surface area contributed by atoms with E-state index >= 15 is 0 Å². The highest BCUT2D eigenvalue weighted by molar-refractivity contribution is 6.15. The third-order valence-corrected chi connectivity index (χ3v) is 5.21. The molecule has 31 heavy (non-hydrogen) atoms. The number of amides is 2. The second kappa shape index (κ2) is 8.75. The molecule has 0 saturated heterocycles. The van der Waals surface area contributed by atoms with Gasteiger partial charge in [-0.3, -0.25) is 9.59 Å². The number of rotatable bonds is 6. The maximum absolute atomic E-state index is 13.1. The van der Waals surface area contributed by atoms with Crippen LogP contribution in [0.1, 0.15) is 32.0 Å². The van der Waals surface area contributed by atoms with Gasteiger partial charge in [0.1, 0.15) is 11.4 Å². The zero-order chi connectivity index (χ0) is 21.8. The average Bonchev–Trinajstić information content (AvgIpc) is 3.16. The number of methoxy groups -OCH3 is 1. The molecule has 0 bridgehead atoms. The van der Waals surface area contributed by atoms with Crippen molar-refractivity contribution in [2.45, 2.75) is 13.5 Å². The molecule has 2 amide bonds. The Kier molecular flexibility index (Phi) is 5.71. The largest absolute Gasteiger partial charge is 0.497 e. The fourth-order valence-electron chi connectivity index (χ4n) is 3.45. The zero-order valence-corrected chi connectivity index (χ0v) is 17.4. The predicted molar refractivity (Wildman–Crippen MR) is 122 cm³/mol. The van der Waals surface area contributed by atoms with Gasteiger partial charge in [-0.25, -0.2) is 0 Å². The first-order valence-electron chi connectivity index (χ1n) is 9.95. The van der Waals surface area contributed by atoms with Gasteiger partial charge in [-0.15, -0.1) is 0 Å². The summed E-state index contributed by atoms with van der Waals surface area (Å²) in [6, 6.07) is 22.2. The molecule has 0 atom stereocenters. The molecule has 0 fully saturated rings. The van der Waals surface area contributed by atoms with Gasteiger partial charge in [-0.1, -0.05) is 42.5 Å². The van der Waals surface area contributed by atoms with Crippen LogP contribution in [0.3, 0.4) is 0 Å². The molecular weight excluding hydrogens is 390 g/mol. The third-order valence-electron chi connectivity index (χ3n) is 5.21. The Morgan fingerprint density at radius 3 is 2.42 bits per heavy atom. The van der Waals surface area contributed by atoms with Crippen LogP contribution in [-0.4, -0.2) is 23.9 Å². The van der Waals surface area contributed by atoms with Crippen molar-refractivity contribution in [3.8, 4) is 5.75 Å². The quantitative estimate of drug-likeness (QED) is 0.430. The first kappa shape index (κ1) is 20.2. The Bertz CT molecular complexity index is 1250. The van der Waals surface area contributed by atoms with Crippen molar-refractivity contribution < 1.29 is 14.3 Å². The maximum atomic E-state index is 13.1. The van der Waals surface area contributed by atoms with Crippen LogP contribution < -0.4 is 15.4 Å². The highest BCUT2D eigenvalue weighted by atomic mass is 16.5. The van der Waals surface area contributed by atoms with E-state index in [0.717, 1.165) is 16.6 Å². The third kappa shape index (κ3) is 4.28. The number of aryl methyl sites for hydroxylation is 1. The summed E-state index contributed by atoms with van der Waals surface area (Å²) in [4.78, 5) is 29.0. The van der Waals surface area contributed by atoms with Gasteiger partial charge in [0, 0.05) is 23.0 Å². The monoisotopic (exact) mass is 413 g/mol. The number of hydrogen-bond acceptors (Lipinski definition) is 3. The number of carbonyl (C=O) groups excluding carboxylic acids is 2. The van der Waals surface area contributed by atoms with Gasteiger partial charge < -0.3 is 20.4 Å². The summed E-state index contributed by atoms with van der Waals surface area (Å²) < 4.78 is 5.33. The van der Waals surface area contributed by atoms with Crippen LogP contribution in [0.5, 0.6) is 5.75 Å². The van der Waals surface area contributed by atoms with E-state index in [4.69, 9.17) is 4.74 Å². The van der Waals surface area contributed by atoms with E-state index in [1.807, 2.05) is 43.3 Å². The second-order valence-electron chi connectivity index (χ2n) is 7.22. The van der Waals surface area contributed by atoms with Crippen LogP contribution in [0.2, 0.25) is 0 Å². The Morgan fingerprint density at radius 1 is 0.935 bits per heavy atom. The predicted octanol–water partition coefficient (Wildman–Crippen LogP) is 4.67. The fourth-order valence-corrected chi connectivity index (χ4v) is 3.45. The van der Waals surface area contributed by atoms with Crippen LogP contribution in [0.4, 0.5) is 5.69 Å². The number of ether oxygens (including phenoxy) is 1. The summed E-state index contributed by atoms with van der Waals surface area (Å²) in [6.07, 6.45) is 0. The van der Waals surface area contributed by atoms with Crippen LogP contribution in [0.15, 0.2) is 72.8 Å². The normalized spacial score (nSPS) is 10.6. The SMILES string of the molecule is COc1ccc2[nH]c(C(=O)NCc3ccccc3C)c(NC(=O)c3ccccc3)c2c1. The Balaban J connectivity index is 1.68. The fraction of sp³-hybridized carbons (Fsp3) is 0.120. The molecule has 0 radical (unpaired) electrons. The highest BCUT2D eigenvalue weighted by Gasteiger charge is 2.21. The van der Waals surface area contributed by atoms with Crippen molar-refractivity contribution in [1.82, 2.24) is 10.3 Å². The highest BCUT2D eigenvalue weighted by Crippen LogP contribution is 2.31. The first-order chi connectivity index (χ1) is 15.1. The molecule has 0 aliphatic carbocycles. The van der Waals surface area contributed by atoms with Crippen LogP contribution in [0, 0.1) is 6.92 Å². The van der Waals surface area contributed by atoms with Gasteiger partial charge in [0.2, 0.25) is 0 Å². The molecule has 0 spiro atoms. The van der Waals surface area contributed by atoms with Gasteiger partial charge in [-0.2, -0.15) is 0 Å². The second-order valence-corrected chi connectivity index (χ2v) is 7.22. The van der Waals surface area contributed by atoms with Gasteiger partial charge in [0.05, 0.1) is 12.8 Å². The lowest BCUT2D eigenvalue weighted by Crippen LogP contribution is -2.25. The zero-order valence-electron chi connectivity index (χ0n) is 17.4. The number of nitrogens with one attached hydrogen (secondary N) is 3. The van der Waals surface area contributed by atoms with E-state index in [1.54, 1.807) is 43.5 Å². The van der Waals surface area contributed by atoms with Crippen molar-refractivity contribution in [1.29, 1.82) is 0 Å². The molecule has 0 saturated carbocycles. The molecular formula is C25H23N3O3. The number of aromatic nitrogens is 1. The average molecular weight is 413 g/mol. The molecule has 4 rings (SSSR count). The lowest BCUT2D eigenvalue weighted by atomic mass is 10.1. The number of H-pyrrole nitrogens is 1. The maximum Gasteiger partial charge on any atom is 0.270 e. The summed E-state index contributed by atoms with van der Waals surface area (Å²) in [7, 11) is 1.58. The molecule has 1 aromatic heterocycles. The number of carbonyl (C=O) groups is 2. The molecule has 3 aromatic carbocycles. The summed E-state index contributed by atoms with van der Waals surface area (Å²) in [5.74, 6) is 0.0348. The summed E-state index contributed by atoms with van der Waals surface area (Å²) in [6.45, 7) is 2.39. The molecule has 4 aromatic rings. The van der Waals surface area contributed by atoms with E-state index in [1.165, 1.54) is 0 Å². The van der Waals surface area contributed by atoms with Crippen molar-refractivity contribution in [2.75, 3.05) is 12.4 Å². The Morgan fingerprint density at radius 2 is 1.68 bits per heavy atom. The van der Waals surface area contributed by atoms with E-state index in [2.05, 4.69) is 15.6 Å². The van der Waals surface area contributed by atoms with E-state index < -0.39 is 0 Å². The van der Waals surface area contributed by atoms with Crippen molar-refractivity contribution in [3.05, 3.63) is 95.2 Å². The number of anilines is 1. The molecule has 6 nitrogen and oxygen atoms in total. The van der Waals surface area contributed by atoms with E-state index in [0.29, 0.717) is 34.6 Å². The smallest absolute Gasteiger partial charge is 0.270 e. The van der Waals surface area contributed by atoms with E-state index in [-0.39, 0.29) is 11.8 Å². The summed E-state index contributed by atoms with van der Waals surface area (Å²) in [5.41, 5.74) is 4.08. The molecule has 3 N–H and O–H groups in total. The minimum absolute atomic E-state index is 0.293. The van der Waals surface area contributed by atoms with Crippen LogP contribution >= 0.6 is 0 Å². The Hall–Kier alpha value is -4.06. The molecule has 0 unspecified atom stereocenters. The molecule has 0 aliphatic heterocycles. The first-order valence-corrected chi connectivity index (χ1v) is 9.95. The molecule has 156 valence electrons. The number of benzene rings is 3. The van der Waals surface area contributed by atoms with E-state index in [9.17, 15) is 9.59 Å². The van der Waals surface area contributed by atoms with Gasteiger partial charge >= 0.3 is 0 Å². The molecule has 1 heterocycles. The number of aromatic amines is 1. The lowest BCUT2D eigenvalue weighted by Gasteiger charge is -2.10. The van der Waals surface area contributed by atoms with Crippen molar-refractivity contribution in [2.24, 2.45) is 0 Å². The Labute approximate surface area is 180 Å². The topological polar surface area (TPSA) is 83.2 Å². The van der Waals surface area contributed by atoms with Crippen LogP contribution in [-0.2, 0) is 6.54 Å². The van der Waals surface area contributed by atoms with Gasteiger partial charge in [0.15, 0.2) is 0 Å². The van der Waals surface area contributed by atoms with Gasteiger partial charge in [0.25, 0.3) is 11.8 Å².